The minimum Gasteiger partial charge on any atom is -0.327 e. The van der Waals surface area contributed by atoms with Gasteiger partial charge in [0.25, 0.3) is 0 Å². The summed E-state index contributed by atoms with van der Waals surface area (Å²) in [7, 11) is 0. The quantitative estimate of drug-likeness (QED) is 0.788. The molecule has 0 spiro atoms. The molecule has 1 aromatic heterocycles. The van der Waals surface area contributed by atoms with Gasteiger partial charge in [0, 0.05) is 15.8 Å². The molecule has 2 heteroatoms. The van der Waals surface area contributed by atoms with Crippen molar-refractivity contribution in [2.45, 2.75) is 38.6 Å². The highest BCUT2D eigenvalue weighted by molar-refractivity contribution is 7.11. The van der Waals surface area contributed by atoms with Gasteiger partial charge in [-0.2, -0.15) is 0 Å². The van der Waals surface area contributed by atoms with Gasteiger partial charge in [0.05, 0.1) is 0 Å². The monoisotopic (exact) mass is 195 g/mol. The van der Waals surface area contributed by atoms with Crippen LogP contribution in [0.15, 0.2) is 12.1 Å². The molecule has 2 rings (SSSR count). The van der Waals surface area contributed by atoms with Crippen LogP contribution in [0.5, 0.6) is 0 Å². The zero-order valence-electron chi connectivity index (χ0n) is 8.12. The van der Waals surface area contributed by atoms with Gasteiger partial charge in [0.1, 0.15) is 0 Å². The minimum absolute atomic E-state index is 0.479. The van der Waals surface area contributed by atoms with Gasteiger partial charge >= 0.3 is 0 Å². The zero-order valence-corrected chi connectivity index (χ0v) is 8.94. The third kappa shape index (κ3) is 1.94. The molecular formula is C11H17NS. The van der Waals surface area contributed by atoms with Crippen molar-refractivity contribution >= 4 is 11.3 Å². The summed E-state index contributed by atoms with van der Waals surface area (Å²) in [5.74, 6) is 0.767. The van der Waals surface area contributed by atoms with Gasteiger partial charge in [-0.15, -0.1) is 11.3 Å². The highest BCUT2D eigenvalue weighted by Crippen LogP contribution is 2.31. The first kappa shape index (κ1) is 9.22. The van der Waals surface area contributed by atoms with Crippen molar-refractivity contribution in [3.05, 3.63) is 21.9 Å². The molecule has 1 heterocycles. The number of hydrogen-bond donors (Lipinski definition) is 1. The molecule has 2 unspecified atom stereocenters. The van der Waals surface area contributed by atoms with Crippen LogP contribution in [0.4, 0.5) is 0 Å². The summed E-state index contributed by atoms with van der Waals surface area (Å²) >= 11 is 1.96. The molecule has 0 bridgehead atoms. The number of nitrogens with two attached hydrogens (primary N) is 1. The Bertz CT molecular complexity index is 279. The summed E-state index contributed by atoms with van der Waals surface area (Å²) in [5.41, 5.74) is 5.91. The summed E-state index contributed by atoms with van der Waals surface area (Å²) in [6.07, 6.45) is 4.95. The first-order chi connectivity index (χ1) is 6.29. The SMILES string of the molecule is CCc1ccc(CC2CCC2N)s1. The summed E-state index contributed by atoms with van der Waals surface area (Å²) < 4.78 is 0. The molecule has 2 N–H and O–H groups in total. The van der Waals surface area contributed by atoms with E-state index < -0.39 is 0 Å². The molecule has 1 aliphatic rings. The first-order valence-electron chi connectivity index (χ1n) is 5.12. The summed E-state index contributed by atoms with van der Waals surface area (Å²) in [4.78, 5) is 3.03. The van der Waals surface area contributed by atoms with Crippen molar-refractivity contribution in [1.29, 1.82) is 0 Å². The Labute approximate surface area is 84.0 Å². The molecule has 1 fully saturated rings. The Hall–Kier alpha value is -0.340. The standard InChI is InChI=1S/C11H17NS/c1-2-9-4-5-10(13-9)7-8-3-6-11(8)12/h4-5,8,11H,2-3,6-7,12H2,1H3. The van der Waals surface area contributed by atoms with Crippen LogP contribution in [0.25, 0.3) is 0 Å². The average molecular weight is 195 g/mol. The van der Waals surface area contributed by atoms with Crippen LogP contribution >= 0.6 is 11.3 Å². The third-order valence-electron chi connectivity index (χ3n) is 3.01. The van der Waals surface area contributed by atoms with Crippen molar-refractivity contribution < 1.29 is 0 Å². The molecule has 13 heavy (non-hydrogen) atoms. The van der Waals surface area contributed by atoms with Gasteiger partial charge in [-0.25, -0.2) is 0 Å². The van der Waals surface area contributed by atoms with E-state index in [9.17, 15) is 0 Å². The Morgan fingerprint density at radius 3 is 2.62 bits per heavy atom. The molecule has 1 aromatic rings. The van der Waals surface area contributed by atoms with E-state index in [-0.39, 0.29) is 0 Å². The number of thiophene rings is 1. The molecule has 72 valence electrons. The Kier molecular flexibility index (Phi) is 2.70. The molecule has 0 aliphatic heterocycles. The maximum Gasteiger partial charge on any atom is 0.00707 e. The van der Waals surface area contributed by atoms with Gasteiger partial charge in [0.2, 0.25) is 0 Å². The second-order valence-electron chi connectivity index (χ2n) is 3.93. The fourth-order valence-electron chi connectivity index (χ4n) is 1.83. The Morgan fingerprint density at radius 1 is 1.38 bits per heavy atom. The van der Waals surface area contributed by atoms with E-state index >= 15 is 0 Å². The van der Waals surface area contributed by atoms with E-state index in [1.165, 1.54) is 35.4 Å². The van der Waals surface area contributed by atoms with Gasteiger partial charge in [-0.1, -0.05) is 6.92 Å². The molecule has 1 aliphatic carbocycles. The lowest BCUT2D eigenvalue weighted by atomic mass is 9.78. The average Bonchev–Trinajstić information content (AvgIpc) is 2.59. The van der Waals surface area contributed by atoms with Crippen molar-refractivity contribution in [2.75, 3.05) is 0 Å². The van der Waals surface area contributed by atoms with E-state index in [1.54, 1.807) is 0 Å². The molecule has 0 radical (unpaired) electrons. The van der Waals surface area contributed by atoms with Gasteiger partial charge in [-0.05, 0) is 43.7 Å². The van der Waals surface area contributed by atoms with E-state index in [4.69, 9.17) is 5.73 Å². The number of aryl methyl sites for hydroxylation is 1. The number of hydrogen-bond acceptors (Lipinski definition) is 2. The molecule has 1 saturated carbocycles. The fourth-order valence-corrected chi connectivity index (χ4v) is 2.88. The molecule has 1 nitrogen and oxygen atoms in total. The van der Waals surface area contributed by atoms with Crippen LogP contribution in [0.1, 0.15) is 29.5 Å². The van der Waals surface area contributed by atoms with Gasteiger partial charge in [-0.3, -0.25) is 0 Å². The fraction of sp³-hybridized carbons (Fsp3) is 0.636. The predicted octanol–water partition coefficient (Wildman–Crippen LogP) is 2.59. The zero-order chi connectivity index (χ0) is 9.26. The van der Waals surface area contributed by atoms with Crippen molar-refractivity contribution in [3.8, 4) is 0 Å². The van der Waals surface area contributed by atoms with Crippen molar-refractivity contribution in [3.63, 3.8) is 0 Å². The van der Waals surface area contributed by atoms with Crippen LogP contribution in [0, 0.1) is 5.92 Å². The summed E-state index contributed by atoms with van der Waals surface area (Å²) in [6, 6.07) is 5.01. The summed E-state index contributed by atoms with van der Waals surface area (Å²) in [5, 5.41) is 0. The first-order valence-corrected chi connectivity index (χ1v) is 5.94. The minimum atomic E-state index is 0.479. The van der Waals surface area contributed by atoms with Crippen LogP contribution in [-0.2, 0) is 12.8 Å². The van der Waals surface area contributed by atoms with Crippen molar-refractivity contribution in [1.82, 2.24) is 0 Å². The second kappa shape index (κ2) is 3.81. The topological polar surface area (TPSA) is 26.0 Å². The van der Waals surface area contributed by atoms with E-state index in [0.29, 0.717) is 6.04 Å². The van der Waals surface area contributed by atoms with Crippen LogP contribution in [0.3, 0.4) is 0 Å². The third-order valence-corrected chi connectivity index (χ3v) is 4.26. The van der Waals surface area contributed by atoms with Gasteiger partial charge < -0.3 is 5.73 Å². The summed E-state index contributed by atoms with van der Waals surface area (Å²) in [6.45, 7) is 2.21. The lowest BCUT2D eigenvalue weighted by molar-refractivity contribution is 0.257. The highest BCUT2D eigenvalue weighted by atomic mass is 32.1. The molecule has 2 atom stereocenters. The number of rotatable bonds is 3. The maximum atomic E-state index is 5.91. The van der Waals surface area contributed by atoms with Crippen LogP contribution in [-0.4, -0.2) is 6.04 Å². The van der Waals surface area contributed by atoms with E-state index in [2.05, 4.69) is 19.1 Å². The Balaban J connectivity index is 1.93. The van der Waals surface area contributed by atoms with Gasteiger partial charge in [0.15, 0.2) is 0 Å². The second-order valence-corrected chi connectivity index (χ2v) is 5.18. The smallest absolute Gasteiger partial charge is 0.00707 e. The lowest BCUT2D eigenvalue weighted by Crippen LogP contribution is -2.40. The van der Waals surface area contributed by atoms with Crippen LogP contribution < -0.4 is 5.73 Å². The largest absolute Gasteiger partial charge is 0.327 e. The molecular weight excluding hydrogens is 178 g/mol. The normalized spacial score (nSPS) is 27.2. The van der Waals surface area contributed by atoms with Crippen LogP contribution in [0.2, 0.25) is 0 Å². The molecule has 0 amide bonds. The van der Waals surface area contributed by atoms with Crippen molar-refractivity contribution in [2.24, 2.45) is 11.7 Å². The highest BCUT2D eigenvalue weighted by Gasteiger charge is 2.27. The molecule has 0 saturated heterocycles. The van der Waals surface area contributed by atoms with E-state index in [1.807, 2.05) is 11.3 Å². The van der Waals surface area contributed by atoms with E-state index in [0.717, 1.165) is 5.92 Å². The Morgan fingerprint density at radius 2 is 2.15 bits per heavy atom. The molecule has 0 aromatic carbocycles. The lowest BCUT2D eigenvalue weighted by Gasteiger charge is -2.33. The maximum absolute atomic E-state index is 5.91. The predicted molar refractivity (Wildman–Crippen MR) is 58.1 cm³/mol.